The molecule has 0 amide bonds. The summed E-state index contributed by atoms with van der Waals surface area (Å²) in [4.78, 5) is 2.12. The SMILES string of the molecule is CN(C)Cc1ccc(-c2cc(C#N)c(NCc3ccno3)n3cnnc23)cc1. The molecule has 1 N–H and O–H groups in total. The van der Waals surface area contributed by atoms with E-state index in [0.717, 1.165) is 17.7 Å². The third-order valence-electron chi connectivity index (χ3n) is 4.38. The Morgan fingerprint density at radius 3 is 2.71 bits per heavy atom. The van der Waals surface area contributed by atoms with Gasteiger partial charge in [0.2, 0.25) is 0 Å². The van der Waals surface area contributed by atoms with Gasteiger partial charge in [0.05, 0.1) is 18.3 Å². The topological polar surface area (TPSA) is 95.3 Å². The second-order valence-electron chi connectivity index (χ2n) is 6.72. The van der Waals surface area contributed by atoms with E-state index in [4.69, 9.17) is 4.52 Å². The minimum Gasteiger partial charge on any atom is -0.363 e. The van der Waals surface area contributed by atoms with Gasteiger partial charge < -0.3 is 14.7 Å². The molecule has 4 aromatic rings. The first-order chi connectivity index (χ1) is 13.7. The molecule has 0 radical (unpaired) electrons. The van der Waals surface area contributed by atoms with Crippen LogP contribution in [0, 0.1) is 11.3 Å². The normalized spacial score (nSPS) is 11.1. The average molecular weight is 373 g/mol. The molecular formula is C20H19N7O. The van der Waals surface area contributed by atoms with E-state index in [1.807, 2.05) is 32.3 Å². The molecule has 3 heterocycles. The smallest absolute Gasteiger partial charge is 0.170 e. The molecule has 140 valence electrons. The number of hydrogen-bond donors (Lipinski definition) is 1. The molecule has 4 rings (SSSR count). The van der Waals surface area contributed by atoms with Crippen LogP contribution in [0.4, 0.5) is 5.82 Å². The third-order valence-corrected chi connectivity index (χ3v) is 4.38. The molecule has 0 aliphatic carbocycles. The summed E-state index contributed by atoms with van der Waals surface area (Å²) in [5.74, 6) is 1.29. The van der Waals surface area contributed by atoms with Crippen molar-refractivity contribution in [1.82, 2.24) is 24.7 Å². The Morgan fingerprint density at radius 2 is 2.04 bits per heavy atom. The maximum Gasteiger partial charge on any atom is 0.170 e. The van der Waals surface area contributed by atoms with Gasteiger partial charge in [-0.05, 0) is 31.3 Å². The fraction of sp³-hybridized carbons (Fsp3) is 0.200. The average Bonchev–Trinajstić information content (AvgIpc) is 3.38. The van der Waals surface area contributed by atoms with Crippen LogP contribution in [0.25, 0.3) is 16.8 Å². The fourth-order valence-electron chi connectivity index (χ4n) is 3.13. The maximum atomic E-state index is 9.70. The lowest BCUT2D eigenvalue weighted by Gasteiger charge is -2.13. The van der Waals surface area contributed by atoms with Crippen LogP contribution in [0.2, 0.25) is 0 Å². The molecule has 28 heavy (non-hydrogen) atoms. The molecule has 0 saturated carbocycles. The number of nitriles is 1. The summed E-state index contributed by atoms with van der Waals surface area (Å²) in [6.45, 7) is 1.27. The van der Waals surface area contributed by atoms with Crippen LogP contribution in [-0.2, 0) is 13.1 Å². The van der Waals surface area contributed by atoms with Gasteiger partial charge in [-0.3, -0.25) is 4.40 Å². The number of hydrogen-bond acceptors (Lipinski definition) is 7. The summed E-state index contributed by atoms with van der Waals surface area (Å²) in [5, 5.41) is 24.9. The van der Waals surface area contributed by atoms with Gasteiger partial charge in [-0.15, -0.1) is 10.2 Å². The highest BCUT2D eigenvalue weighted by Crippen LogP contribution is 2.29. The fourth-order valence-corrected chi connectivity index (χ4v) is 3.13. The summed E-state index contributed by atoms with van der Waals surface area (Å²) in [6, 6.07) is 14.1. The Bertz CT molecular complexity index is 1120. The van der Waals surface area contributed by atoms with Crippen molar-refractivity contribution in [2.75, 3.05) is 19.4 Å². The third kappa shape index (κ3) is 3.43. The number of fused-ring (bicyclic) bond motifs is 1. The molecule has 0 fully saturated rings. The van der Waals surface area contributed by atoms with Crippen LogP contribution in [-0.4, -0.2) is 38.7 Å². The monoisotopic (exact) mass is 373 g/mol. The highest BCUT2D eigenvalue weighted by Gasteiger charge is 2.15. The zero-order chi connectivity index (χ0) is 19.5. The van der Waals surface area contributed by atoms with Crippen LogP contribution in [0.3, 0.4) is 0 Å². The first kappa shape index (κ1) is 17.7. The predicted molar refractivity (Wildman–Crippen MR) is 104 cm³/mol. The molecule has 0 atom stereocenters. The lowest BCUT2D eigenvalue weighted by atomic mass is 10.0. The van der Waals surface area contributed by atoms with Gasteiger partial charge in [-0.1, -0.05) is 29.4 Å². The van der Waals surface area contributed by atoms with E-state index in [0.29, 0.717) is 29.3 Å². The van der Waals surface area contributed by atoms with Gasteiger partial charge in [-0.25, -0.2) is 0 Å². The van der Waals surface area contributed by atoms with E-state index < -0.39 is 0 Å². The second kappa shape index (κ2) is 7.50. The van der Waals surface area contributed by atoms with Crippen LogP contribution < -0.4 is 5.32 Å². The molecule has 8 nitrogen and oxygen atoms in total. The van der Waals surface area contributed by atoms with Crippen molar-refractivity contribution in [1.29, 1.82) is 5.26 Å². The molecule has 1 aromatic carbocycles. The Balaban J connectivity index is 1.73. The molecule has 0 aliphatic rings. The quantitative estimate of drug-likeness (QED) is 0.555. The summed E-state index contributed by atoms with van der Waals surface area (Å²) in [5.41, 5.74) is 4.24. The highest BCUT2D eigenvalue weighted by molar-refractivity contribution is 5.81. The summed E-state index contributed by atoms with van der Waals surface area (Å²) >= 11 is 0. The van der Waals surface area contributed by atoms with Crippen molar-refractivity contribution >= 4 is 11.5 Å². The molecule has 0 aliphatic heterocycles. The van der Waals surface area contributed by atoms with Crippen molar-refractivity contribution in [3.05, 3.63) is 65.8 Å². The molecule has 0 saturated heterocycles. The van der Waals surface area contributed by atoms with Gasteiger partial charge >= 0.3 is 0 Å². The van der Waals surface area contributed by atoms with Crippen molar-refractivity contribution in [2.45, 2.75) is 13.1 Å². The molecule has 0 unspecified atom stereocenters. The van der Waals surface area contributed by atoms with E-state index in [2.05, 4.69) is 43.8 Å². The standard InChI is InChI=1S/C20H19N7O/c1-26(2)12-14-3-5-15(6-4-14)18-9-16(10-21)19(27-13-23-25-20(18)27)22-11-17-7-8-24-28-17/h3-9,13,22H,11-12H2,1-2H3. The summed E-state index contributed by atoms with van der Waals surface area (Å²) < 4.78 is 6.90. The highest BCUT2D eigenvalue weighted by atomic mass is 16.5. The zero-order valence-electron chi connectivity index (χ0n) is 15.6. The lowest BCUT2D eigenvalue weighted by molar-refractivity contribution is 0.388. The van der Waals surface area contributed by atoms with E-state index in [9.17, 15) is 5.26 Å². The van der Waals surface area contributed by atoms with Gasteiger partial charge in [-0.2, -0.15) is 5.26 Å². The number of rotatable bonds is 6. The number of aromatic nitrogens is 4. The minimum atomic E-state index is 0.403. The van der Waals surface area contributed by atoms with E-state index in [1.54, 1.807) is 23.0 Å². The number of pyridine rings is 1. The Kier molecular flexibility index (Phi) is 4.74. The number of anilines is 1. The Morgan fingerprint density at radius 1 is 1.21 bits per heavy atom. The van der Waals surface area contributed by atoms with Gasteiger partial charge in [0.25, 0.3) is 0 Å². The number of nitrogens with one attached hydrogen (secondary N) is 1. The van der Waals surface area contributed by atoms with E-state index in [1.165, 1.54) is 5.56 Å². The van der Waals surface area contributed by atoms with Crippen LogP contribution in [0.1, 0.15) is 16.9 Å². The summed E-state index contributed by atoms with van der Waals surface area (Å²) in [6.07, 6.45) is 3.18. The number of benzene rings is 1. The van der Waals surface area contributed by atoms with E-state index >= 15 is 0 Å². The van der Waals surface area contributed by atoms with Gasteiger partial charge in [0, 0.05) is 18.2 Å². The largest absolute Gasteiger partial charge is 0.363 e. The van der Waals surface area contributed by atoms with Crippen LogP contribution in [0.15, 0.2) is 53.4 Å². The Hall–Kier alpha value is -3.70. The van der Waals surface area contributed by atoms with E-state index in [-0.39, 0.29) is 0 Å². The molecule has 3 aromatic heterocycles. The molecule has 0 bridgehead atoms. The van der Waals surface area contributed by atoms with Gasteiger partial charge in [0.15, 0.2) is 11.4 Å². The minimum absolute atomic E-state index is 0.403. The number of nitrogens with zero attached hydrogens (tertiary/aromatic N) is 6. The van der Waals surface area contributed by atoms with Crippen LogP contribution >= 0.6 is 0 Å². The first-order valence-corrected chi connectivity index (χ1v) is 8.80. The van der Waals surface area contributed by atoms with Crippen molar-refractivity contribution in [3.8, 4) is 17.2 Å². The molecule has 0 spiro atoms. The molecular weight excluding hydrogens is 354 g/mol. The summed E-state index contributed by atoms with van der Waals surface area (Å²) in [7, 11) is 4.08. The van der Waals surface area contributed by atoms with Crippen molar-refractivity contribution in [2.24, 2.45) is 0 Å². The lowest BCUT2D eigenvalue weighted by Crippen LogP contribution is -2.10. The first-order valence-electron chi connectivity index (χ1n) is 8.80. The van der Waals surface area contributed by atoms with Gasteiger partial charge in [0.1, 0.15) is 18.2 Å². The van der Waals surface area contributed by atoms with Crippen molar-refractivity contribution < 1.29 is 4.52 Å². The van der Waals surface area contributed by atoms with Crippen molar-refractivity contribution in [3.63, 3.8) is 0 Å². The Labute approximate surface area is 162 Å². The second-order valence-corrected chi connectivity index (χ2v) is 6.72. The maximum absolute atomic E-state index is 9.70. The molecule has 8 heteroatoms. The van der Waals surface area contributed by atoms with Crippen LogP contribution in [0.5, 0.6) is 0 Å². The zero-order valence-corrected chi connectivity index (χ0v) is 15.6. The predicted octanol–water partition coefficient (Wildman–Crippen LogP) is 2.93.